The number of amides is 2. The van der Waals surface area contributed by atoms with Crippen molar-refractivity contribution in [1.29, 1.82) is 0 Å². The highest BCUT2D eigenvalue weighted by Gasteiger charge is 2.42. The molecule has 34 heavy (non-hydrogen) atoms. The van der Waals surface area contributed by atoms with E-state index in [0.29, 0.717) is 18.2 Å². The third-order valence-electron chi connectivity index (χ3n) is 5.19. The Balaban J connectivity index is 0.00000199. The second-order valence-corrected chi connectivity index (χ2v) is 10.9. The van der Waals surface area contributed by atoms with Crippen molar-refractivity contribution in [2.45, 2.75) is 71.8 Å². The van der Waals surface area contributed by atoms with Gasteiger partial charge in [0.25, 0.3) is 5.92 Å². The molecular weight excluding hydrogens is 478 g/mol. The lowest BCUT2D eigenvalue weighted by Crippen LogP contribution is -2.53. The van der Waals surface area contributed by atoms with Gasteiger partial charge in [0.15, 0.2) is 0 Å². The molecule has 3 rings (SSSR count). The minimum absolute atomic E-state index is 0.267. The molecule has 0 aliphatic carbocycles. The molecule has 1 unspecified atom stereocenters. The number of urea groups is 1. The molecule has 11 heteroatoms. The lowest BCUT2D eigenvalue weighted by Gasteiger charge is -2.40. The van der Waals surface area contributed by atoms with E-state index in [1.165, 1.54) is 4.88 Å². The molecule has 0 saturated carbocycles. The number of halogens is 2. The SMILES string of the molecule is CC.CC(C)c1cc(NC(=O)NSN(c2cnn(C)c2)C2CN(C)CC(F)(F)C2)c(C(C)C)s1. The number of alkyl halides is 2. The molecule has 7 nitrogen and oxygen atoms in total. The minimum atomic E-state index is -2.79. The molecule has 2 aromatic rings. The fourth-order valence-corrected chi connectivity index (χ4v) is 5.63. The van der Waals surface area contributed by atoms with Crippen LogP contribution in [0.2, 0.25) is 0 Å². The molecule has 2 N–H and O–H groups in total. The average Bonchev–Trinajstić information content (AvgIpc) is 3.35. The Hall–Kier alpha value is -1.85. The van der Waals surface area contributed by atoms with Gasteiger partial charge in [0.2, 0.25) is 0 Å². The van der Waals surface area contributed by atoms with E-state index in [1.807, 2.05) is 19.9 Å². The second kappa shape index (κ2) is 12.2. The summed E-state index contributed by atoms with van der Waals surface area (Å²) in [6.07, 6.45) is 3.08. The Bertz CT molecular complexity index is 930. The van der Waals surface area contributed by atoms with Crippen molar-refractivity contribution < 1.29 is 13.6 Å². The Labute approximate surface area is 210 Å². The molecule has 0 aromatic carbocycles. The van der Waals surface area contributed by atoms with Crippen LogP contribution in [0.1, 0.15) is 69.6 Å². The van der Waals surface area contributed by atoms with Gasteiger partial charge in [-0.2, -0.15) is 5.10 Å². The van der Waals surface area contributed by atoms with Crippen LogP contribution in [0.25, 0.3) is 0 Å². The number of aromatic nitrogens is 2. The molecule has 2 amide bonds. The van der Waals surface area contributed by atoms with Crippen molar-refractivity contribution in [3.8, 4) is 0 Å². The number of hydrogen-bond donors (Lipinski definition) is 2. The van der Waals surface area contributed by atoms with Gasteiger partial charge in [-0.3, -0.25) is 18.6 Å². The van der Waals surface area contributed by atoms with E-state index in [4.69, 9.17) is 0 Å². The predicted molar refractivity (Wildman–Crippen MR) is 140 cm³/mol. The molecule has 1 fully saturated rings. The van der Waals surface area contributed by atoms with Gasteiger partial charge in [0, 0.05) is 36.0 Å². The van der Waals surface area contributed by atoms with E-state index in [-0.39, 0.29) is 18.9 Å². The summed E-state index contributed by atoms with van der Waals surface area (Å²) in [5, 5.41) is 7.11. The number of carbonyl (C=O) groups excluding carboxylic acids is 1. The van der Waals surface area contributed by atoms with Crippen LogP contribution in [0.5, 0.6) is 0 Å². The quantitative estimate of drug-likeness (QED) is 0.424. The summed E-state index contributed by atoms with van der Waals surface area (Å²) in [6, 6.07) is 1.14. The van der Waals surface area contributed by atoms with E-state index in [1.54, 1.807) is 51.7 Å². The highest BCUT2D eigenvalue weighted by molar-refractivity contribution is 7.99. The number of rotatable bonds is 7. The van der Waals surface area contributed by atoms with Gasteiger partial charge >= 0.3 is 6.03 Å². The molecule has 0 bridgehead atoms. The Morgan fingerprint density at radius 1 is 1.26 bits per heavy atom. The van der Waals surface area contributed by atoms with Gasteiger partial charge in [-0.15, -0.1) is 11.3 Å². The number of anilines is 2. The fourth-order valence-electron chi connectivity index (χ4n) is 3.78. The van der Waals surface area contributed by atoms with Gasteiger partial charge in [-0.05, 0) is 24.9 Å². The first-order chi connectivity index (χ1) is 15.9. The first kappa shape index (κ1) is 28.4. The zero-order valence-electron chi connectivity index (χ0n) is 21.4. The number of carbonyl (C=O) groups is 1. The fraction of sp³-hybridized carbons (Fsp3) is 0.652. The van der Waals surface area contributed by atoms with Crippen LogP contribution in [0.3, 0.4) is 0 Å². The van der Waals surface area contributed by atoms with Crippen molar-refractivity contribution in [3.05, 3.63) is 28.2 Å². The summed E-state index contributed by atoms with van der Waals surface area (Å²) in [5.41, 5.74) is 1.46. The monoisotopic (exact) mass is 516 g/mol. The van der Waals surface area contributed by atoms with E-state index in [2.05, 4.69) is 42.8 Å². The lowest BCUT2D eigenvalue weighted by atomic mass is 10.0. The highest BCUT2D eigenvalue weighted by atomic mass is 32.2. The Kier molecular flexibility index (Phi) is 10.2. The van der Waals surface area contributed by atoms with Gasteiger partial charge in [0.05, 0.1) is 42.3 Å². The molecule has 1 saturated heterocycles. The van der Waals surface area contributed by atoms with E-state index in [9.17, 15) is 13.6 Å². The summed E-state index contributed by atoms with van der Waals surface area (Å²) in [4.78, 5) is 16.7. The normalized spacial score (nSPS) is 17.9. The number of likely N-dealkylation sites (tertiary alicyclic amines) is 1. The van der Waals surface area contributed by atoms with Crippen LogP contribution in [-0.2, 0) is 7.05 Å². The van der Waals surface area contributed by atoms with Crippen LogP contribution >= 0.6 is 23.5 Å². The number of piperidine rings is 1. The Morgan fingerprint density at radius 2 is 1.94 bits per heavy atom. The van der Waals surface area contributed by atoms with Gasteiger partial charge in [0.1, 0.15) is 0 Å². The average molecular weight is 517 g/mol. The molecule has 0 radical (unpaired) electrons. The van der Waals surface area contributed by atoms with Crippen molar-refractivity contribution >= 4 is 40.9 Å². The van der Waals surface area contributed by atoms with Crippen LogP contribution in [0.15, 0.2) is 18.5 Å². The minimum Gasteiger partial charge on any atom is -0.306 e. The number of aryl methyl sites for hydroxylation is 1. The smallest absolute Gasteiger partial charge is 0.306 e. The number of hydrogen-bond acceptors (Lipinski definition) is 6. The molecule has 1 aliphatic rings. The maximum absolute atomic E-state index is 14.3. The molecule has 1 aliphatic heterocycles. The van der Waals surface area contributed by atoms with Crippen molar-refractivity contribution in [2.75, 3.05) is 29.8 Å². The van der Waals surface area contributed by atoms with Crippen molar-refractivity contribution in [1.82, 2.24) is 19.4 Å². The Morgan fingerprint density at radius 3 is 2.47 bits per heavy atom. The van der Waals surface area contributed by atoms with Crippen molar-refractivity contribution in [2.24, 2.45) is 7.05 Å². The standard InChI is InChI=1S/C21H32F2N6OS2.C2H6/c1-13(2)18-7-17(19(31-18)14(3)4)25-20(30)26-32-29(16-9-24-28(6)11-16)15-8-21(22,23)12-27(5)10-15;1-2/h7,9,11,13-15H,8,10,12H2,1-6H3,(H2,25,26,30);1-2H3. The first-order valence-electron chi connectivity index (χ1n) is 11.7. The van der Waals surface area contributed by atoms with E-state index >= 15 is 0 Å². The highest BCUT2D eigenvalue weighted by Crippen LogP contribution is 2.37. The topological polar surface area (TPSA) is 65.4 Å². The number of thiophene rings is 1. The zero-order chi connectivity index (χ0) is 25.6. The van der Waals surface area contributed by atoms with Gasteiger partial charge in [-0.25, -0.2) is 13.6 Å². The van der Waals surface area contributed by atoms with Crippen LogP contribution in [-0.4, -0.2) is 52.8 Å². The molecule has 192 valence electrons. The molecule has 0 spiro atoms. The third kappa shape index (κ3) is 7.58. The molecule has 1 atom stereocenters. The molecule has 2 aromatic heterocycles. The maximum Gasteiger partial charge on any atom is 0.330 e. The number of likely N-dealkylation sites (N-methyl/N-ethyl adjacent to an activating group) is 1. The predicted octanol–water partition coefficient (Wildman–Crippen LogP) is 6.29. The lowest BCUT2D eigenvalue weighted by molar-refractivity contribution is -0.0627. The maximum atomic E-state index is 14.3. The summed E-state index contributed by atoms with van der Waals surface area (Å²) in [5.74, 6) is -2.14. The number of nitrogens with one attached hydrogen (secondary N) is 2. The summed E-state index contributed by atoms with van der Waals surface area (Å²) in [6.45, 7) is 12.6. The third-order valence-corrected chi connectivity index (χ3v) is 7.91. The molecular formula is C23H38F2N6OS2. The summed E-state index contributed by atoms with van der Waals surface area (Å²) in [7, 11) is 3.45. The van der Waals surface area contributed by atoms with Crippen LogP contribution < -0.4 is 14.3 Å². The largest absolute Gasteiger partial charge is 0.330 e. The van der Waals surface area contributed by atoms with Crippen LogP contribution in [0.4, 0.5) is 25.0 Å². The van der Waals surface area contributed by atoms with E-state index < -0.39 is 18.0 Å². The second-order valence-electron chi connectivity index (χ2n) is 8.99. The first-order valence-corrected chi connectivity index (χ1v) is 13.3. The molecule has 3 heterocycles. The van der Waals surface area contributed by atoms with E-state index in [0.717, 1.165) is 22.7 Å². The van der Waals surface area contributed by atoms with Gasteiger partial charge in [-0.1, -0.05) is 41.5 Å². The van der Waals surface area contributed by atoms with Crippen LogP contribution in [0, 0.1) is 0 Å². The summed E-state index contributed by atoms with van der Waals surface area (Å²) < 4.78 is 34.6. The van der Waals surface area contributed by atoms with Gasteiger partial charge < -0.3 is 5.32 Å². The zero-order valence-corrected chi connectivity index (χ0v) is 23.0. The van der Waals surface area contributed by atoms with Crippen molar-refractivity contribution in [3.63, 3.8) is 0 Å². The summed E-state index contributed by atoms with van der Waals surface area (Å²) >= 11 is 2.72. The number of nitrogens with zero attached hydrogens (tertiary/aromatic N) is 4.